The van der Waals surface area contributed by atoms with Crippen LogP contribution in [-0.4, -0.2) is 19.7 Å². The fourth-order valence-corrected chi connectivity index (χ4v) is 1.83. The highest BCUT2D eigenvalue weighted by Gasteiger charge is 2.41. The minimum absolute atomic E-state index is 0.132. The Morgan fingerprint density at radius 1 is 1.33 bits per heavy atom. The maximum absolute atomic E-state index is 11.6. The van der Waals surface area contributed by atoms with E-state index in [0.717, 1.165) is 17.7 Å². The molecule has 1 aromatic carbocycles. The number of carbonyl (C=O) groups is 1. The molecule has 0 amide bonds. The van der Waals surface area contributed by atoms with E-state index < -0.39 is 5.41 Å². The first-order valence-electron chi connectivity index (χ1n) is 4.98. The molecule has 15 heavy (non-hydrogen) atoms. The molecule has 3 heteroatoms. The van der Waals surface area contributed by atoms with Crippen molar-refractivity contribution in [3.63, 3.8) is 0 Å². The molecule has 1 aromatic rings. The second-order valence-corrected chi connectivity index (χ2v) is 3.95. The van der Waals surface area contributed by atoms with Gasteiger partial charge in [0.15, 0.2) is 0 Å². The Hall–Kier alpha value is -1.51. The van der Waals surface area contributed by atoms with Gasteiger partial charge in [0.2, 0.25) is 0 Å². The summed E-state index contributed by atoms with van der Waals surface area (Å²) in [6.45, 7) is 2.44. The van der Waals surface area contributed by atoms with E-state index in [1.54, 1.807) is 7.11 Å². The first-order chi connectivity index (χ1) is 7.16. The third-order valence-corrected chi connectivity index (χ3v) is 3.01. The molecule has 0 N–H and O–H groups in total. The summed E-state index contributed by atoms with van der Waals surface area (Å²) in [5, 5.41) is 0. The zero-order valence-electron chi connectivity index (χ0n) is 8.95. The number of hydrogen-bond donors (Lipinski definition) is 0. The van der Waals surface area contributed by atoms with E-state index in [0.29, 0.717) is 6.61 Å². The monoisotopic (exact) mass is 206 g/mol. The molecule has 0 saturated carbocycles. The summed E-state index contributed by atoms with van der Waals surface area (Å²) in [4.78, 5) is 11.6. The zero-order chi connectivity index (χ0) is 10.9. The summed E-state index contributed by atoms with van der Waals surface area (Å²) in [7, 11) is 1.63. The van der Waals surface area contributed by atoms with Crippen LogP contribution >= 0.6 is 0 Å². The van der Waals surface area contributed by atoms with E-state index in [1.807, 2.05) is 31.2 Å². The second kappa shape index (κ2) is 3.57. The molecule has 80 valence electrons. The predicted octanol–water partition coefficient (Wildman–Crippen LogP) is 1.90. The van der Waals surface area contributed by atoms with Gasteiger partial charge in [-0.3, -0.25) is 4.79 Å². The van der Waals surface area contributed by atoms with E-state index in [-0.39, 0.29) is 5.97 Å². The summed E-state index contributed by atoms with van der Waals surface area (Å²) in [6.07, 6.45) is 0.748. The fourth-order valence-electron chi connectivity index (χ4n) is 1.83. The molecule has 1 saturated heterocycles. The van der Waals surface area contributed by atoms with E-state index in [9.17, 15) is 4.79 Å². The molecule has 0 radical (unpaired) electrons. The van der Waals surface area contributed by atoms with Gasteiger partial charge >= 0.3 is 5.97 Å². The van der Waals surface area contributed by atoms with E-state index in [2.05, 4.69) is 0 Å². The Kier molecular flexibility index (Phi) is 2.39. The van der Waals surface area contributed by atoms with Crippen LogP contribution in [-0.2, 0) is 14.9 Å². The average Bonchev–Trinajstić information content (AvgIpc) is 2.61. The highest BCUT2D eigenvalue weighted by Crippen LogP contribution is 2.34. The molecule has 1 fully saturated rings. The lowest BCUT2D eigenvalue weighted by atomic mass is 9.81. The predicted molar refractivity (Wildman–Crippen MR) is 55.9 cm³/mol. The first kappa shape index (κ1) is 10.0. The van der Waals surface area contributed by atoms with Crippen LogP contribution < -0.4 is 4.74 Å². The highest BCUT2D eigenvalue weighted by molar-refractivity contribution is 5.84. The van der Waals surface area contributed by atoms with Crippen LogP contribution in [0.25, 0.3) is 0 Å². The van der Waals surface area contributed by atoms with Crippen LogP contribution in [0.4, 0.5) is 0 Å². The Balaban J connectivity index is 2.32. The van der Waals surface area contributed by atoms with Gasteiger partial charge in [0, 0.05) is 6.42 Å². The third kappa shape index (κ3) is 1.58. The summed E-state index contributed by atoms with van der Waals surface area (Å²) in [5.74, 6) is 0.668. The molecule has 0 aliphatic carbocycles. The number of esters is 1. The zero-order valence-corrected chi connectivity index (χ0v) is 8.95. The van der Waals surface area contributed by atoms with Gasteiger partial charge in [0.25, 0.3) is 0 Å². The lowest BCUT2D eigenvalue weighted by Crippen LogP contribution is -2.27. The van der Waals surface area contributed by atoms with Gasteiger partial charge in [-0.15, -0.1) is 0 Å². The summed E-state index contributed by atoms with van der Waals surface area (Å²) >= 11 is 0. The lowest BCUT2D eigenvalue weighted by molar-refractivity contribution is -0.142. The van der Waals surface area contributed by atoms with Crippen LogP contribution in [0.5, 0.6) is 5.75 Å². The van der Waals surface area contributed by atoms with Gasteiger partial charge in [-0.1, -0.05) is 12.1 Å². The molecular formula is C12H14O3. The Morgan fingerprint density at radius 2 is 2.00 bits per heavy atom. The number of rotatable bonds is 2. The van der Waals surface area contributed by atoms with E-state index >= 15 is 0 Å². The quantitative estimate of drug-likeness (QED) is 0.693. The van der Waals surface area contributed by atoms with Gasteiger partial charge < -0.3 is 9.47 Å². The van der Waals surface area contributed by atoms with Crippen LogP contribution in [0.15, 0.2) is 24.3 Å². The smallest absolute Gasteiger partial charge is 0.316 e. The molecule has 0 unspecified atom stereocenters. The van der Waals surface area contributed by atoms with Crippen molar-refractivity contribution in [2.75, 3.05) is 13.7 Å². The van der Waals surface area contributed by atoms with Crippen molar-refractivity contribution in [3.8, 4) is 5.75 Å². The normalized spacial score (nSPS) is 25.1. The van der Waals surface area contributed by atoms with E-state index in [1.165, 1.54) is 0 Å². The summed E-state index contributed by atoms with van der Waals surface area (Å²) < 4.78 is 10.1. The average molecular weight is 206 g/mol. The maximum atomic E-state index is 11.6. The molecule has 3 nitrogen and oxygen atoms in total. The molecule has 1 heterocycles. The number of ether oxygens (including phenoxy) is 2. The summed E-state index contributed by atoms with van der Waals surface area (Å²) in [5.41, 5.74) is 0.512. The standard InChI is InChI=1S/C12H14O3/c1-12(7-8-15-11(12)13)9-3-5-10(14-2)6-4-9/h3-6H,7-8H2,1-2H3/t12-/m0/s1. The molecular weight excluding hydrogens is 192 g/mol. The van der Waals surface area contributed by atoms with Gasteiger partial charge in [0.05, 0.1) is 19.1 Å². The Labute approximate surface area is 89.0 Å². The van der Waals surface area contributed by atoms with Crippen molar-refractivity contribution in [2.24, 2.45) is 0 Å². The Bertz CT molecular complexity index is 369. The molecule has 1 atom stereocenters. The summed E-state index contributed by atoms with van der Waals surface area (Å²) in [6, 6.07) is 7.58. The second-order valence-electron chi connectivity index (χ2n) is 3.95. The Morgan fingerprint density at radius 3 is 2.47 bits per heavy atom. The van der Waals surface area contributed by atoms with Crippen molar-refractivity contribution >= 4 is 5.97 Å². The van der Waals surface area contributed by atoms with Crippen molar-refractivity contribution in [3.05, 3.63) is 29.8 Å². The first-order valence-corrected chi connectivity index (χ1v) is 4.98. The minimum atomic E-state index is -0.480. The number of cyclic esters (lactones) is 1. The molecule has 0 spiro atoms. The van der Waals surface area contributed by atoms with Gasteiger partial charge in [-0.2, -0.15) is 0 Å². The number of carbonyl (C=O) groups excluding carboxylic acids is 1. The number of benzene rings is 1. The minimum Gasteiger partial charge on any atom is -0.497 e. The molecule has 2 rings (SSSR count). The van der Waals surface area contributed by atoms with Gasteiger partial charge in [0.1, 0.15) is 5.75 Å². The SMILES string of the molecule is COc1ccc([C@]2(C)CCOC2=O)cc1. The lowest BCUT2D eigenvalue weighted by Gasteiger charge is -2.19. The third-order valence-electron chi connectivity index (χ3n) is 3.01. The van der Waals surface area contributed by atoms with Crippen LogP contribution in [0, 0.1) is 0 Å². The van der Waals surface area contributed by atoms with Gasteiger partial charge in [-0.05, 0) is 24.6 Å². The van der Waals surface area contributed by atoms with Crippen LogP contribution in [0.3, 0.4) is 0 Å². The fraction of sp³-hybridized carbons (Fsp3) is 0.417. The van der Waals surface area contributed by atoms with Crippen molar-refractivity contribution in [1.82, 2.24) is 0 Å². The molecule has 0 aromatic heterocycles. The van der Waals surface area contributed by atoms with Crippen molar-refractivity contribution in [2.45, 2.75) is 18.8 Å². The maximum Gasteiger partial charge on any atom is 0.316 e. The van der Waals surface area contributed by atoms with Crippen molar-refractivity contribution < 1.29 is 14.3 Å². The van der Waals surface area contributed by atoms with Crippen LogP contribution in [0.2, 0.25) is 0 Å². The highest BCUT2D eigenvalue weighted by atomic mass is 16.5. The van der Waals surface area contributed by atoms with Crippen LogP contribution in [0.1, 0.15) is 18.9 Å². The topological polar surface area (TPSA) is 35.5 Å². The molecule has 1 aliphatic heterocycles. The van der Waals surface area contributed by atoms with Gasteiger partial charge in [-0.25, -0.2) is 0 Å². The largest absolute Gasteiger partial charge is 0.497 e. The van der Waals surface area contributed by atoms with Crippen molar-refractivity contribution in [1.29, 1.82) is 0 Å². The molecule has 0 bridgehead atoms. The molecule has 1 aliphatic rings. The van der Waals surface area contributed by atoms with E-state index in [4.69, 9.17) is 9.47 Å². The number of hydrogen-bond acceptors (Lipinski definition) is 3. The number of methoxy groups -OCH3 is 1.